The van der Waals surface area contributed by atoms with Gasteiger partial charge in [-0.25, -0.2) is 9.38 Å². The van der Waals surface area contributed by atoms with Crippen LogP contribution in [0.4, 0.5) is 23.2 Å². The predicted octanol–water partition coefficient (Wildman–Crippen LogP) is 3.95. The molecule has 3 aromatic carbocycles. The van der Waals surface area contributed by atoms with Crippen LogP contribution in [0, 0.1) is 5.82 Å². The van der Waals surface area contributed by atoms with Gasteiger partial charge >= 0.3 is 6.18 Å². The molecular weight excluding hydrogens is 452 g/mol. The highest BCUT2D eigenvalue weighted by molar-refractivity contribution is 6.07. The second-order valence-corrected chi connectivity index (χ2v) is 7.99. The fraction of sp³-hybridized carbons (Fsp3) is 0.160. The summed E-state index contributed by atoms with van der Waals surface area (Å²) in [5.74, 6) is -1.90. The molecule has 5 nitrogen and oxygen atoms in total. The highest BCUT2D eigenvalue weighted by Crippen LogP contribution is 2.41. The molecule has 0 bridgehead atoms. The lowest BCUT2D eigenvalue weighted by atomic mass is 9.83. The largest absolute Gasteiger partial charge is 0.493 e. The quantitative estimate of drug-likeness (QED) is 0.592. The fourth-order valence-electron chi connectivity index (χ4n) is 4.25. The van der Waals surface area contributed by atoms with Gasteiger partial charge in [0.1, 0.15) is 11.6 Å². The van der Waals surface area contributed by atoms with E-state index in [1.54, 1.807) is 18.2 Å². The van der Waals surface area contributed by atoms with Crippen molar-refractivity contribution in [1.29, 1.82) is 0 Å². The summed E-state index contributed by atoms with van der Waals surface area (Å²) >= 11 is 0. The van der Waals surface area contributed by atoms with Gasteiger partial charge in [-0.3, -0.25) is 9.59 Å². The van der Waals surface area contributed by atoms with Crippen molar-refractivity contribution in [2.75, 3.05) is 11.9 Å². The van der Waals surface area contributed by atoms with Gasteiger partial charge in [0.15, 0.2) is 0 Å². The highest BCUT2D eigenvalue weighted by Gasteiger charge is 2.34. The van der Waals surface area contributed by atoms with Crippen LogP contribution in [0.25, 0.3) is 6.08 Å². The molecule has 0 aliphatic carbocycles. The molecule has 1 N–H and O–H groups in total. The fourth-order valence-corrected chi connectivity index (χ4v) is 4.25. The number of hydrogen-bond acceptors (Lipinski definition) is 3. The molecule has 0 fully saturated rings. The number of alkyl halides is 3. The number of hydrogen-bond donors (Lipinski definition) is 1. The summed E-state index contributed by atoms with van der Waals surface area (Å²) in [5.41, 5.74) is 0.210. The molecule has 3 aromatic rings. The van der Waals surface area contributed by atoms with Crippen LogP contribution in [0.5, 0.6) is 5.75 Å². The van der Waals surface area contributed by atoms with E-state index in [1.165, 1.54) is 24.3 Å². The number of nitrogens with zero attached hydrogens (tertiary/aromatic N) is 1. The van der Waals surface area contributed by atoms with E-state index in [2.05, 4.69) is 10.3 Å². The molecule has 0 aromatic heterocycles. The molecule has 5 rings (SSSR count). The predicted molar refractivity (Wildman–Crippen MR) is 114 cm³/mol. The molecule has 2 amide bonds. The van der Waals surface area contributed by atoms with E-state index < -0.39 is 35.3 Å². The van der Waals surface area contributed by atoms with Crippen LogP contribution in [0.2, 0.25) is 0 Å². The first-order valence-corrected chi connectivity index (χ1v) is 10.4. The van der Waals surface area contributed by atoms with E-state index in [9.17, 15) is 27.2 Å². The van der Waals surface area contributed by atoms with E-state index in [4.69, 9.17) is 4.74 Å². The third-order valence-electron chi connectivity index (χ3n) is 5.81. The first-order valence-electron chi connectivity index (χ1n) is 10.4. The first-order chi connectivity index (χ1) is 16.2. The Hall–Kier alpha value is -4.01. The minimum absolute atomic E-state index is 0.0559. The van der Waals surface area contributed by atoms with Crippen LogP contribution in [0.3, 0.4) is 0 Å². The number of rotatable bonds is 3. The number of anilines is 1. The van der Waals surface area contributed by atoms with Gasteiger partial charge in [-0.15, -0.1) is 0 Å². The Bertz CT molecular complexity index is 1460. The first kappa shape index (κ1) is 21.8. The number of nitrogens with one attached hydrogen (secondary N) is 1. The molecule has 0 spiro atoms. The summed E-state index contributed by atoms with van der Waals surface area (Å²) in [6.45, 7) is 0.163. The lowest BCUT2D eigenvalue weighted by Gasteiger charge is -2.28. The topological polar surface area (TPSA) is 67.8 Å². The van der Waals surface area contributed by atoms with E-state index >= 15 is 0 Å². The Morgan fingerprint density at radius 2 is 1.85 bits per heavy atom. The molecule has 2 aliphatic rings. The smallest absolute Gasteiger partial charge is 0.416 e. The number of fused-ring (bicyclic) bond motifs is 2. The van der Waals surface area contributed by atoms with Crippen molar-refractivity contribution in [2.45, 2.75) is 18.5 Å². The Morgan fingerprint density at radius 1 is 1.03 bits per heavy atom. The standard InChI is InChI=1S/C25H16F4N2O3/c26-15-2-5-18-17(7-8-34-22(18)12-15)20-11-14(25(27,28)29)1-4-19(20)24(33)30-16-3-6-21-13(9-16)10-23(32)31-21/h1-6,9-12,17H,7-8H2,(H,30,33). The summed E-state index contributed by atoms with van der Waals surface area (Å²) in [5, 5.41) is 3.70. The van der Waals surface area contributed by atoms with Crippen LogP contribution in [-0.4, -0.2) is 18.4 Å². The second kappa shape index (κ2) is 8.09. The summed E-state index contributed by atoms with van der Waals surface area (Å²) in [7, 11) is 0. The zero-order valence-corrected chi connectivity index (χ0v) is 17.4. The maximum absolute atomic E-state index is 13.7. The lowest BCUT2D eigenvalue weighted by molar-refractivity contribution is -0.137. The van der Waals surface area contributed by atoms with Gasteiger partial charge in [-0.2, -0.15) is 13.2 Å². The van der Waals surface area contributed by atoms with Crippen molar-refractivity contribution in [3.63, 3.8) is 0 Å². The molecule has 34 heavy (non-hydrogen) atoms. The third kappa shape index (κ3) is 4.05. The molecule has 1 atom stereocenters. The molecule has 1 unspecified atom stereocenters. The third-order valence-corrected chi connectivity index (χ3v) is 5.81. The summed E-state index contributed by atoms with van der Waals surface area (Å²) in [6, 6.07) is 11.5. The van der Waals surface area contributed by atoms with E-state index in [-0.39, 0.29) is 23.5 Å². The Labute approximate surface area is 190 Å². The molecule has 0 saturated heterocycles. The Balaban J connectivity index is 1.57. The number of amides is 2. The van der Waals surface area contributed by atoms with Gasteiger partial charge in [-0.1, -0.05) is 6.07 Å². The van der Waals surface area contributed by atoms with Crippen molar-refractivity contribution in [1.82, 2.24) is 0 Å². The zero-order chi connectivity index (χ0) is 24.0. The maximum atomic E-state index is 13.7. The molecule has 172 valence electrons. The Morgan fingerprint density at radius 3 is 2.65 bits per heavy atom. The molecule has 2 heterocycles. The van der Waals surface area contributed by atoms with Crippen molar-refractivity contribution < 1.29 is 31.9 Å². The van der Waals surface area contributed by atoms with Crippen LogP contribution in [0.1, 0.15) is 39.4 Å². The summed E-state index contributed by atoms with van der Waals surface area (Å²) in [6.07, 6.45) is -2.96. The van der Waals surface area contributed by atoms with Crippen molar-refractivity contribution in [3.05, 3.63) is 93.2 Å². The number of carbonyl (C=O) groups excluding carboxylic acids is 2. The highest BCUT2D eigenvalue weighted by atomic mass is 19.4. The second-order valence-electron chi connectivity index (χ2n) is 7.99. The van der Waals surface area contributed by atoms with Crippen LogP contribution < -0.4 is 20.6 Å². The van der Waals surface area contributed by atoms with Crippen molar-refractivity contribution >= 4 is 23.6 Å². The maximum Gasteiger partial charge on any atom is 0.416 e. The number of carbonyl (C=O) groups is 2. The van der Waals surface area contributed by atoms with Gasteiger partial charge in [-0.05, 0) is 54.4 Å². The van der Waals surface area contributed by atoms with Crippen LogP contribution in [0.15, 0.2) is 59.6 Å². The normalized spacial score (nSPS) is 16.6. The molecule has 9 heteroatoms. The monoisotopic (exact) mass is 468 g/mol. The lowest BCUT2D eigenvalue weighted by Crippen LogP contribution is -2.24. The Kier molecular flexibility index (Phi) is 5.19. The summed E-state index contributed by atoms with van der Waals surface area (Å²) < 4.78 is 59.7. The van der Waals surface area contributed by atoms with Crippen LogP contribution >= 0.6 is 0 Å². The minimum Gasteiger partial charge on any atom is -0.493 e. The molecule has 0 saturated carbocycles. The van der Waals surface area contributed by atoms with Crippen LogP contribution in [-0.2, 0) is 11.0 Å². The number of halogens is 4. The van der Waals surface area contributed by atoms with Gasteiger partial charge in [0, 0.05) is 40.1 Å². The van der Waals surface area contributed by atoms with Crippen molar-refractivity contribution in [2.24, 2.45) is 4.99 Å². The van der Waals surface area contributed by atoms with E-state index in [0.29, 0.717) is 28.2 Å². The van der Waals surface area contributed by atoms with Crippen molar-refractivity contribution in [3.8, 4) is 5.75 Å². The number of ether oxygens (including phenoxy) is 1. The average molecular weight is 468 g/mol. The van der Waals surface area contributed by atoms with Gasteiger partial charge in [0.25, 0.3) is 11.8 Å². The summed E-state index contributed by atoms with van der Waals surface area (Å²) in [4.78, 5) is 28.5. The molecule has 2 aliphatic heterocycles. The van der Waals surface area contributed by atoms with Gasteiger partial charge < -0.3 is 10.1 Å². The molecular formula is C25H16F4N2O3. The minimum atomic E-state index is -4.60. The van der Waals surface area contributed by atoms with Gasteiger partial charge in [0.05, 0.1) is 17.5 Å². The SMILES string of the molecule is O=C1C=c2cc(NC(=O)c3ccc(C(F)(F)F)cc3C3CCOc4cc(F)ccc43)ccc2=N1. The number of benzene rings is 3. The molecule has 0 radical (unpaired) electrons. The van der Waals surface area contributed by atoms with Gasteiger partial charge in [0.2, 0.25) is 0 Å². The average Bonchev–Trinajstić information content (AvgIpc) is 3.16. The van der Waals surface area contributed by atoms with E-state index in [1.807, 2.05) is 0 Å². The van der Waals surface area contributed by atoms with E-state index in [0.717, 1.165) is 18.2 Å². The zero-order valence-electron chi connectivity index (χ0n) is 17.4.